The van der Waals surface area contributed by atoms with Crippen LogP contribution < -0.4 is 5.32 Å². The summed E-state index contributed by atoms with van der Waals surface area (Å²) >= 11 is 0. The van der Waals surface area contributed by atoms with Crippen LogP contribution in [-0.2, 0) is 24.3 Å². The van der Waals surface area contributed by atoms with Gasteiger partial charge >= 0.3 is 5.97 Å². The van der Waals surface area contributed by atoms with Crippen molar-refractivity contribution in [2.75, 3.05) is 6.54 Å². The number of aliphatic carboxylic acids is 1. The number of fused-ring (bicyclic) bond motifs is 1. The molecule has 1 aromatic heterocycles. The van der Waals surface area contributed by atoms with E-state index in [9.17, 15) is 4.79 Å². The lowest BCUT2D eigenvalue weighted by molar-refractivity contribution is -0.137. The van der Waals surface area contributed by atoms with Crippen LogP contribution in [0.3, 0.4) is 0 Å². The van der Waals surface area contributed by atoms with E-state index in [2.05, 4.69) is 15.5 Å². The average molecular weight is 196 g/mol. The van der Waals surface area contributed by atoms with Crippen molar-refractivity contribution in [3.05, 3.63) is 11.6 Å². The minimum Gasteiger partial charge on any atom is -0.481 e. The Kier molecular flexibility index (Phi) is 2.45. The Balaban J connectivity index is 2.10. The minimum atomic E-state index is -0.795. The highest BCUT2D eigenvalue weighted by atomic mass is 16.4. The maximum absolute atomic E-state index is 10.4. The molecular formula is C8H12N4O2. The van der Waals surface area contributed by atoms with Crippen molar-refractivity contribution in [2.45, 2.75) is 25.9 Å². The molecule has 0 bridgehead atoms. The van der Waals surface area contributed by atoms with Gasteiger partial charge in [-0.3, -0.25) is 4.79 Å². The first kappa shape index (κ1) is 9.14. The molecule has 0 saturated heterocycles. The van der Waals surface area contributed by atoms with Gasteiger partial charge in [0.2, 0.25) is 0 Å². The van der Waals surface area contributed by atoms with Crippen LogP contribution in [0.1, 0.15) is 18.1 Å². The molecule has 1 aromatic rings. The molecule has 14 heavy (non-hydrogen) atoms. The number of hydrogen-bond acceptors (Lipinski definition) is 4. The lowest BCUT2D eigenvalue weighted by atomic mass is 10.3. The van der Waals surface area contributed by atoms with Crippen LogP contribution in [0.4, 0.5) is 0 Å². The third kappa shape index (κ3) is 1.74. The van der Waals surface area contributed by atoms with Crippen molar-refractivity contribution >= 4 is 5.97 Å². The molecule has 76 valence electrons. The zero-order valence-corrected chi connectivity index (χ0v) is 7.73. The molecule has 0 aromatic carbocycles. The Morgan fingerprint density at radius 2 is 2.43 bits per heavy atom. The molecular weight excluding hydrogens is 184 g/mol. The quantitative estimate of drug-likeness (QED) is 0.674. The molecule has 0 unspecified atom stereocenters. The fourth-order valence-corrected chi connectivity index (χ4v) is 1.56. The summed E-state index contributed by atoms with van der Waals surface area (Å²) in [4.78, 5) is 10.4. The SMILES string of the molecule is O=C(O)CCc1nnc2n1CCNC2. The second kappa shape index (κ2) is 3.75. The van der Waals surface area contributed by atoms with E-state index in [0.29, 0.717) is 6.42 Å². The molecule has 2 heterocycles. The van der Waals surface area contributed by atoms with Crippen LogP contribution in [0.2, 0.25) is 0 Å². The number of carbonyl (C=O) groups is 1. The highest BCUT2D eigenvalue weighted by Gasteiger charge is 2.15. The molecule has 0 spiro atoms. The second-order valence-electron chi connectivity index (χ2n) is 3.25. The third-order valence-corrected chi connectivity index (χ3v) is 2.26. The van der Waals surface area contributed by atoms with Gasteiger partial charge in [0.05, 0.1) is 13.0 Å². The lowest BCUT2D eigenvalue weighted by Crippen LogP contribution is -2.29. The van der Waals surface area contributed by atoms with Crippen molar-refractivity contribution in [1.82, 2.24) is 20.1 Å². The van der Waals surface area contributed by atoms with Gasteiger partial charge in [0, 0.05) is 19.5 Å². The highest BCUT2D eigenvalue weighted by molar-refractivity contribution is 5.66. The lowest BCUT2D eigenvalue weighted by Gasteiger charge is -2.15. The molecule has 2 N–H and O–H groups in total. The van der Waals surface area contributed by atoms with E-state index < -0.39 is 5.97 Å². The normalized spacial score (nSPS) is 15.1. The Labute approximate surface area is 80.9 Å². The van der Waals surface area contributed by atoms with Crippen LogP contribution in [0.5, 0.6) is 0 Å². The van der Waals surface area contributed by atoms with Crippen molar-refractivity contribution < 1.29 is 9.90 Å². The standard InChI is InChI=1S/C8H12N4O2/c13-8(14)2-1-6-10-11-7-5-9-3-4-12(6)7/h9H,1-5H2,(H,13,14). The van der Waals surface area contributed by atoms with Gasteiger partial charge in [0.15, 0.2) is 0 Å². The van der Waals surface area contributed by atoms with Crippen molar-refractivity contribution in [3.63, 3.8) is 0 Å². The summed E-state index contributed by atoms with van der Waals surface area (Å²) in [6.45, 7) is 2.45. The molecule has 6 nitrogen and oxygen atoms in total. The average Bonchev–Trinajstić information content (AvgIpc) is 2.58. The van der Waals surface area contributed by atoms with Gasteiger partial charge in [-0.25, -0.2) is 0 Å². The number of aromatic nitrogens is 3. The summed E-state index contributed by atoms with van der Waals surface area (Å²) in [5.74, 6) is 0.886. The highest BCUT2D eigenvalue weighted by Crippen LogP contribution is 2.07. The first-order valence-electron chi connectivity index (χ1n) is 4.61. The van der Waals surface area contributed by atoms with Gasteiger partial charge in [-0.05, 0) is 0 Å². The minimum absolute atomic E-state index is 0.117. The number of hydrogen-bond donors (Lipinski definition) is 2. The Morgan fingerprint density at radius 3 is 3.21 bits per heavy atom. The molecule has 0 radical (unpaired) electrons. The van der Waals surface area contributed by atoms with Crippen molar-refractivity contribution in [2.24, 2.45) is 0 Å². The molecule has 0 amide bonds. The summed E-state index contributed by atoms with van der Waals surface area (Å²) in [7, 11) is 0. The maximum atomic E-state index is 10.4. The Bertz CT molecular complexity index is 347. The zero-order chi connectivity index (χ0) is 9.97. The first-order chi connectivity index (χ1) is 6.77. The maximum Gasteiger partial charge on any atom is 0.303 e. The fourth-order valence-electron chi connectivity index (χ4n) is 1.56. The molecule has 2 rings (SSSR count). The molecule has 6 heteroatoms. The van der Waals surface area contributed by atoms with E-state index in [1.54, 1.807) is 0 Å². The molecule has 0 aliphatic carbocycles. The fraction of sp³-hybridized carbons (Fsp3) is 0.625. The van der Waals surface area contributed by atoms with Crippen LogP contribution in [0, 0.1) is 0 Å². The zero-order valence-electron chi connectivity index (χ0n) is 7.73. The molecule has 1 aliphatic rings. The number of nitrogens with zero attached hydrogens (tertiary/aromatic N) is 3. The Morgan fingerprint density at radius 1 is 1.57 bits per heavy atom. The van der Waals surface area contributed by atoms with Crippen molar-refractivity contribution in [1.29, 1.82) is 0 Å². The predicted octanol–water partition coefficient (Wildman–Crippen LogP) is -0.602. The number of rotatable bonds is 3. The van der Waals surface area contributed by atoms with Gasteiger partial charge in [0.25, 0.3) is 0 Å². The van der Waals surface area contributed by atoms with E-state index in [4.69, 9.17) is 5.11 Å². The van der Waals surface area contributed by atoms with Gasteiger partial charge in [-0.1, -0.05) is 0 Å². The molecule has 1 aliphatic heterocycles. The molecule has 0 saturated carbocycles. The molecule has 0 atom stereocenters. The summed E-state index contributed by atoms with van der Waals surface area (Å²) in [6.07, 6.45) is 0.577. The molecule has 0 fully saturated rings. The van der Waals surface area contributed by atoms with E-state index >= 15 is 0 Å². The van der Waals surface area contributed by atoms with Crippen LogP contribution >= 0.6 is 0 Å². The van der Waals surface area contributed by atoms with Gasteiger partial charge in [-0.2, -0.15) is 0 Å². The monoisotopic (exact) mass is 196 g/mol. The topological polar surface area (TPSA) is 80.0 Å². The van der Waals surface area contributed by atoms with E-state index in [1.807, 2.05) is 4.57 Å². The van der Waals surface area contributed by atoms with E-state index in [-0.39, 0.29) is 6.42 Å². The van der Waals surface area contributed by atoms with Gasteiger partial charge < -0.3 is 15.0 Å². The van der Waals surface area contributed by atoms with Gasteiger partial charge in [0.1, 0.15) is 11.6 Å². The van der Waals surface area contributed by atoms with E-state index in [1.165, 1.54) is 0 Å². The van der Waals surface area contributed by atoms with Crippen LogP contribution in [0.25, 0.3) is 0 Å². The predicted molar refractivity (Wildman–Crippen MR) is 47.7 cm³/mol. The summed E-state index contributed by atoms with van der Waals surface area (Å²) in [5.41, 5.74) is 0. The van der Waals surface area contributed by atoms with Crippen molar-refractivity contribution in [3.8, 4) is 0 Å². The smallest absolute Gasteiger partial charge is 0.303 e. The van der Waals surface area contributed by atoms with E-state index in [0.717, 1.165) is 31.3 Å². The summed E-state index contributed by atoms with van der Waals surface area (Å²) in [5, 5.41) is 19.7. The number of nitrogens with one attached hydrogen (secondary N) is 1. The Hall–Kier alpha value is -1.43. The number of carboxylic acids is 1. The number of carboxylic acid groups (broad SMARTS) is 1. The largest absolute Gasteiger partial charge is 0.481 e. The third-order valence-electron chi connectivity index (χ3n) is 2.26. The summed E-state index contributed by atoms with van der Waals surface area (Å²) < 4.78 is 2.00. The van der Waals surface area contributed by atoms with Gasteiger partial charge in [-0.15, -0.1) is 10.2 Å². The second-order valence-corrected chi connectivity index (χ2v) is 3.25. The first-order valence-corrected chi connectivity index (χ1v) is 4.61. The van der Waals surface area contributed by atoms with Crippen LogP contribution in [0.15, 0.2) is 0 Å². The van der Waals surface area contributed by atoms with Crippen LogP contribution in [-0.4, -0.2) is 32.4 Å². The number of aryl methyl sites for hydroxylation is 1. The summed E-state index contributed by atoms with van der Waals surface area (Å²) in [6, 6.07) is 0.